The topological polar surface area (TPSA) is 321 Å². The van der Waals surface area contributed by atoms with Gasteiger partial charge in [-0.25, -0.2) is 0 Å². The molecule has 6 aromatic carbocycles. The van der Waals surface area contributed by atoms with E-state index in [9.17, 15) is 25.9 Å². The van der Waals surface area contributed by atoms with Gasteiger partial charge in [-0.05, 0) is 47.5 Å². The normalized spacial score (nSPS) is 15.6. The van der Waals surface area contributed by atoms with E-state index >= 15 is 0 Å². The third-order valence-corrected chi connectivity index (χ3v) is 10.8. The van der Waals surface area contributed by atoms with E-state index in [0.29, 0.717) is 22.1 Å². The number of nitrogens with zero attached hydrogens (tertiary/aromatic N) is 4. The van der Waals surface area contributed by atoms with Crippen LogP contribution in [0.25, 0.3) is 44.1 Å². The van der Waals surface area contributed by atoms with Crippen LogP contribution in [0.3, 0.4) is 0 Å². The Morgan fingerprint density at radius 3 is 1.14 bits per heavy atom. The van der Waals surface area contributed by atoms with Gasteiger partial charge in [-0.3, -0.25) is 9.11 Å². The molecule has 300 valence electrons. The standard InChI is InChI=1S/C32H24N6O6S2.C6H12N2.2H2O.Pt/c33-31-25-7-3-1-5-23(25)29(45(39,40)41)17-27(31)37-35-21-13-9-19(10-14-21)20-11-15-22(16-12-20)36-38-28-18-30(46(42,43)44)24-6-2-4-8-26(24)32(28)34;7-5-3-1-2-4-6(5)8;;;/h1-18H,33-34H2,(H,39,40,41)(H,42,43,44);5-8H,1-4H2;2*1H2;/q;-2;;;+4. The Bertz CT molecular complexity index is 2450. The maximum Gasteiger partial charge on any atom is 4.00 e. The molecule has 0 aromatic heterocycles. The van der Waals surface area contributed by atoms with Gasteiger partial charge in [0, 0.05) is 21.5 Å². The molecule has 2 atom stereocenters. The van der Waals surface area contributed by atoms with Gasteiger partial charge in [-0.1, -0.05) is 98.5 Å². The molecular formula is C38H40N8O8PtS2+2. The number of anilines is 2. The Morgan fingerprint density at radius 1 is 0.526 bits per heavy atom. The molecule has 1 saturated carbocycles. The predicted octanol–water partition coefficient (Wildman–Crippen LogP) is 8.90. The Balaban J connectivity index is 0.000000708. The molecule has 57 heavy (non-hydrogen) atoms. The zero-order chi connectivity index (χ0) is 38.6. The first-order valence-corrected chi connectivity index (χ1v) is 19.6. The van der Waals surface area contributed by atoms with Gasteiger partial charge in [0.05, 0.1) is 22.7 Å². The molecule has 0 radical (unpaired) electrons. The molecule has 0 spiro atoms. The van der Waals surface area contributed by atoms with Gasteiger partial charge < -0.3 is 33.9 Å². The zero-order valence-electron chi connectivity index (χ0n) is 30.0. The number of nitrogens with one attached hydrogen (secondary N) is 2. The average molecular weight is 996 g/mol. The minimum atomic E-state index is -4.53. The number of nitrogens with two attached hydrogens (primary N) is 2. The number of fused-ring (bicyclic) bond motifs is 2. The van der Waals surface area contributed by atoms with Gasteiger partial charge in [-0.2, -0.15) is 39.1 Å². The van der Waals surface area contributed by atoms with Gasteiger partial charge in [0.2, 0.25) is 0 Å². The van der Waals surface area contributed by atoms with Gasteiger partial charge in [0.25, 0.3) is 20.2 Å². The van der Waals surface area contributed by atoms with Crippen molar-refractivity contribution in [3.05, 3.63) is 121 Å². The fraction of sp³-hybridized carbons (Fsp3) is 0.158. The van der Waals surface area contributed by atoms with Gasteiger partial charge in [0.15, 0.2) is 0 Å². The molecule has 0 bridgehead atoms. The molecule has 0 amide bonds. The molecule has 2 unspecified atom stereocenters. The summed E-state index contributed by atoms with van der Waals surface area (Å²) in [6.45, 7) is 0. The summed E-state index contributed by atoms with van der Waals surface area (Å²) in [4.78, 5) is -0.624. The van der Waals surface area contributed by atoms with Crippen LogP contribution in [0.15, 0.2) is 139 Å². The van der Waals surface area contributed by atoms with Crippen molar-refractivity contribution in [1.29, 1.82) is 0 Å². The van der Waals surface area contributed by atoms with E-state index in [1.165, 1.54) is 25.0 Å². The van der Waals surface area contributed by atoms with Crippen molar-refractivity contribution in [3.8, 4) is 11.1 Å². The number of hydrogen-bond acceptors (Lipinski definition) is 10. The third kappa shape index (κ3) is 10.9. The van der Waals surface area contributed by atoms with Crippen molar-refractivity contribution in [2.45, 2.75) is 47.6 Å². The van der Waals surface area contributed by atoms with E-state index in [-0.39, 0.29) is 87.4 Å². The third-order valence-electron chi connectivity index (χ3n) is 8.99. The molecule has 1 fully saturated rings. The molecule has 12 N–H and O–H groups in total. The summed E-state index contributed by atoms with van der Waals surface area (Å²) >= 11 is 0. The van der Waals surface area contributed by atoms with Gasteiger partial charge in [0.1, 0.15) is 21.2 Å². The fourth-order valence-electron chi connectivity index (χ4n) is 6.09. The van der Waals surface area contributed by atoms with Gasteiger partial charge in [-0.15, -0.1) is 10.2 Å². The zero-order valence-corrected chi connectivity index (χ0v) is 33.9. The number of hydrogen-bond donors (Lipinski definition) is 4. The molecular weight excluding hydrogens is 956 g/mol. The molecule has 0 heterocycles. The second-order valence-corrected chi connectivity index (χ2v) is 15.4. The maximum absolute atomic E-state index is 12.0. The number of benzene rings is 6. The Morgan fingerprint density at radius 2 is 0.842 bits per heavy atom. The molecule has 1 aliphatic rings. The van der Waals surface area contributed by atoms with Crippen LogP contribution in [-0.2, 0) is 41.3 Å². The first-order chi connectivity index (χ1) is 25.7. The molecule has 0 saturated heterocycles. The largest absolute Gasteiger partial charge is 4.00 e. The molecule has 16 nitrogen and oxygen atoms in total. The van der Waals surface area contributed by atoms with Crippen LogP contribution >= 0.6 is 0 Å². The molecule has 6 aromatic rings. The van der Waals surface area contributed by atoms with E-state index in [0.717, 1.165) is 24.0 Å². The first-order valence-electron chi connectivity index (χ1n) is 16.7. The molecule has 0 aliphatic heterocycles. The minimum absolute atomic E-state index is 0. The van der Waals surface area contributed by atoms with Crippen molar-refractivity contribution in [1.82, 2.24) is 0 Å². The average Bonchev–Trinajstić information content (AvgIpc) is 3.15. The van der Waals surface area contributed by atoms with E-state index in [1.54, 1.807) is 72.8 Å². The summed E-state index contributed by atoms with van der Waals surface area (Å²) in [7, 11) is -9.07. The summed E-state index contributed by atoms with van der Waals surface area (Å²) in [5.74, 6) is 0. The summed E-state index contributed by atoms with van der Waals surface area (Å²) in [5, 5.41) is 18.1. The maximum atomic E-state index is 12.0. The second kappa shape index (κ2) is 19.4. The fourth-order valence-corrected chi connectivity index (χ4v) is 7.52. The summed E-state index contributed by atoms with van der Waals surface area (Å²) < 4.78 is 67.4. The second-order valence-electron chi connectivity index (χ2n) is 12.6. The first kappa shape index (κ1) is 46.4. The number of nitrogen functional groups attached to an aromatic ring is 2. The summed E-state index contributed by atoms with van der Waals surface area (Å²) in [5.41, 5.74) is 30.4. The van der Waals surface area contributed by atoms with E-state index < -0.39 is 20.2 Å². The van der Waals surface area contributed by atoms with Crippen LogP contribution in [0.2, 0.25) is 0 Å². The smallest absolute Gasteiger partial charge is 0.676 e. The van der Waals surface area contributed by atoms with Crippen molar-refractivity contribution in [2.24, 2.45) is 20.5 Å². The van der Waals surface area contributed by atoms with Crippen molar-refractivity contribution in [3.63, 3.8) is 0 Å². The monoisotopic (exact) mass is 995 g/mol. The van der Waals surface area contributed by atoms with Crippen LogP contribution in [0.4, 0.5) is 34.1 Å². The van der Waals surface area contributed by atoms with Gasteiger partial charge >= 0.3 is 21.1 Å². The van der Waals surface area contributed by atoms with Crippen LogP contribution in [0.1, 0.15) is 25.7 Å². The molecule has 19 heteroatoms. The Kier molecular flexibility index (Phi) is 15.8. The van der Waals surface area contributed by atoms with Crippen LogP contribution in [0.5, 0.6) is 0 Å². The number of rotatable bonds is 7. The minimum Gasteiger partial charge on any atom is -0.676 e. The van der Waals surface area contributed by atoms with Crippen molar-refractivity contribution < 1.29 is 58.0 Å². The summed E-state index contributed by atoms with van der Waals surface area (Å²) in [6, 6.07) is 29.5. The molecule has 7 rings (SSSR count). The number of azo groups is 2. The van der Waals surface area contributed by atoms with Crippen molar-refractivity contribution in [2.75, 3.05) is 11.5 Å². The Labute approximate surface area is 343 Å². The molecule has 1 aliphatic carbocycles. The SMILES string of the molecule is Nc1c(N=Nc2ccc(-c3ccc(N=Nc4cc(S(=O)(=O)O)c5ccccc5c4N)cc3)cc2)cc(S(=O)(=O)O)c2ccccc12.O.O.[NH-]C1CCCCC1[NH-].[Pt+4]. The van der Waals surface area contributed by atoms with Crippen LogP contribution in [-0.4, -0.2) is 49.0 Å². The predicted molar refractivity (Wildman–Crippen MR) is 218 cm³/mol. The summed E-state index contributed by atoms with van der Waals surface area (Å²) in [6.07, 6.45) is 4.25. The van der Waals surface area contributed by atoms with Crippen LogP contribution < -0.4 is 11.5 Å². The van der Waals surface area contributed by atoms with Crippen molar-refractivity contribution >= 4 is 75.9 Å². The van der Waals surface area contributed by atoms with E-state index in [4.69, 9.17) is 22.9 Å². The van der Waals surface area contributed by atoms with Crippen LogP contribution in [0, 0.1) is 0 Å². The van der Waals surface area contributed by atoms with E-state index in [2.05, 4.69) is 20.5 Å². The van der Waals surface area contributed by atoms with E-state index in [1.807, 2.05) is 24.3 Å². The quantitative estimate of drug-likeness (QED) is 0.0678. The Hall–Kier alpha value is -5.01.